The summed E-state index contributed by atoms with van der Waals surface area (Å²) in [7, 11) is -3.63. The first-order valence-electron chi connectivity index (χ1n) is 9.27. The van der Waals surface area contributed by atoms with Crippen LogP contribution in [0.5, 0.6) is 0 Å². The van der Waals surface area contributed by atoms with Crippen molar-refractivity contribution in [2.75, 3.05) is 18.1 Å². The van der Waals surface area contributed by atoms with E-state index in [0.29, 0.717) is 17.8 Å². The SMILES string of the molecule is CSc1ccc(NC(=O)c2cc(S(=O)(=O)N3CCCCC3C)ccc2C)cn1. The molecule has 28 heavy (non-hydrogen) atoms. The number of anilines is 1. The van der Waals surface area contributed by atoms with Crippen LogP contribution in [-0.2, 0) is 10.0 Å². The lowest BCUT2D eigenvalue weighted by molar-refractivity contribution is 0.102. The number of nitrogens with zero attached hydrogens (tertiary/aromatic N) is 2. The van der Waals surface area contributed by atoms with Crippen molar-refractivity contribution in [2.24, 2.45) is 0 Å². The normalized spacial score (nSPS) is 18.0. The second kappa shape index (κ2) is 8.63. The Hall–Kier alpha value is -1.90. The molecule has 1 aromatic heterocycles. The number of aromatic nitrogens is 1. The van der Waals surface area contributed by atoms with Crippen molar-refractivity contribution in [3.8, 4) is 0 Å². The third kappa shape index (κ3) is 4.39. The maximum Gasteiger partial charge on any atom is 0.256 e. The zero-order chi connectivity index (χ0) is 20.3. The zero-order valence-electron chi connectivity index (χ0n) is 16.3. The van der Waals surface area contributed by atoms with Gasteiger partial charge in [0.2, 0.25) is 10.0 Å². The van der Waals surface area contributed by atoms with E-state index in [1.807, 2.05) is 19.2 Å². The maximum absolute atomic E-state index is 13.1. The number of hydrogen-bond donors (Lipinski definition) is 1. The van der Waals surface area contributed by atoms with Gasteiger partial charge in [0, 0.05) is 18.2 Å². The number of thioether (sulfide) groups is 1. The van der Waals surface area contributed by atoms with Gasteiger partial charge in [-0.05, 0) is 62.8 Å². The molecule has 1 atom stereocenters. The largest absolute Gasteiger partial charge is 0.321 e. The first kappa shape index (κ1) is 20.8. The van der Waals surface area contributed by atoms with Crippen molar-refractivity contribution in [1.29, 1.82) is 0 Å². The summed E-state index contributed by atoms with van der Waals surface area (Å²) in [5.74, 6) is -0.347. The molecule has 0 aliphatic carbocycles. The molecule has 1 aliphatic heterocycles. The lowest BCUT2D eigenvalue weighted by atomic mass is 10.1. The first-order valence-corrected chi connectivity index (χ1v) is 11.9. The zero-order valence-corrected chi connectivity index (χ0v) is 17.9. The fourth-order valence-corrected chi connectivity index (χ4v) is 5.43. The third-order valence-corrected chi connectivity index (χ3v) is 7.67. The molecule has 6 nitrogen and oxygen atoms in total. The van der Waals surface area contributed by atoms with Crippen LogP contribution in [0.2, 0.25) is 0 Å². The number of aryl methyl sites for hydroxylation is 1. The predicted molar refractivity (Wildman–Crippen MR) is 112 cm³/mol. The molecule has 1 aromatic carbocycles. The van der Waals surface area contributed by atoms with E-state index in [0.717, 1.165) is 29.9 Å². The molecular weight excluding hydrogens is 394 g/mol. The summed E-state index contributed by atoms with van der Waals surface area (Å²) in [6, 6.07) is 8.32. The van der Waals surface area contributed by atoms with Crippen LogP contribution in [-0.4, -0.2) is 42.5 Å². The van der Waals surface area contributed by atoms with Crippen LogP contribution < -0.4 is 5.32 Å². The van der Waals surface area contributed by atoms with Crippen LogP contribution in [0, 0.1) is 6.92 Å². The highest BCUT2D eigenvalue weighted by Gasteiger charge is 2.31. The van der Waals surface area contributed by atoms with Gasteiger partial charge in [-0.15, -0.1) is 11.8 Å². The topological polar surface area (TPSA) is 79.4 Å². The fraction of sp³-hybridized carbons (Fsp3) is 0.400. The smallest absolute Gasteiger partial charge is 0.256 e. The Kier molecular flexibility index (Phi) is 6.42. The van der Waals surface area contributed by atoms with Gasteiger partial charge in [-0.1, -0.05) is 12.5 Å². The Morgan fingerprint density at radius 3 is 2.68 bits per heavy atom. The first-order chi connectivity index (χ1) is 13.3. The monoisotopic (exact) mass is 419 g/mol. The number of amides is 1. The molecule has 3 rings (SSSR count). The van der Waals surface area contributed by atoms with Gasteiger partial charge in [0.1, 0.15) is 0 Å². The second-order valence-electron chi connectivity index (χ2n) is 6.98. The number of carbonyl (C=O) groups is 1. The molecule has 0 spiro atoms. The molecule has 1 N–H and O–H groups in total. The van der Waals surface area contributed by atoms with Gasteiger partial charge in [-0.25, -0.2) is 13.4 Å². The molecule has 2 heterocycles. The molecule has 8 heteroatoms. The Morgan fingerprint density at radius 2 is 2.04 bits per heavy atom. The molecule has 1 aliphatic rings. The van der Waals surface area contributed by atoms with E-state index < -0.39 is 10.0 Å². The molecule has 1 fully saturated rings. The van der Waals surface area contributed by atoms with Crippen LogP contribution in [0.1, 0.15) is 42.1 Å². The van der Waals surface area contributed by atoms with Crippen LogP contribution in [0.15, 0.2) is 46.5 Å². The van der Waals surface area contributed by atoms with Gasteiger partial charge in [-0.2, -0.15) is 4.31 Å². The minimum Gasteiger partial charge on any atom is -0.321 e. The molecule has 2 aromatic rings. The van der Waals surface area contributed by atoms with Crippen molar-refractivity contribution in [1.82, 2.24) is 9.29 Å². The molecule has 1 amide bonds. The summed E-state index contributed by atoms with van der Waals surface area (Å²) in [5.41, 5.74) is 1.64. The van der Waals surface area contributed by atoms with Crippen molar-refractivity contribution < 1.29 is 13.2 Å². The van der Waals surface area contributed by atoms with Gasteiger partial charge in [-0.3, -0.25) is 4.79 Å². The summed E-state index contributed by atoms with van der Waals surface area (Å²) >= 11 is 1.52. The van der Waals surface area contributed by atoms with Crippen molar-refractivity contribution in [3.05, 3.63) is 47.7 Å². The Balaban J connectivity index is 1.87. The van der Waals surface area contributed by atoms with Crippen LogP contribution >= 0.6 is 11.8 Å². The van der Waals surface area contributed by atoms with E-state index in [2.05, 4.69) is 10.3 Å². The number of piperidine rings is 1. The minimum absolute atomic E-state index is 0.0293. The fourth-order valence-electron chi connectivity index (χ4n) is 3.34. The Bertz CT molecular complexity index is 959. The summed E-state index contributed by atoms with van der Waals surface area (Å²) in [6.07, 6.45) is 6.28. The van der Waals surface area contributed by atoms with Gasteiger partial charge < -0.3 is 5.32 Å². The lowest BCUT2D eigenvalue weighted by Gasteiger charge is -2.32. The van der Waals surface area contributed by atoms with Crippen LogP contribution in [0.3, 0.4) is 0 Å². The third-order valence-electron chi connectivity index (χ3n) is 5.01. The Labute approximate surface area is 170 Å². The minimum atomic E-state index is -3.63. The van der Waals surface area contributed by atoms with Gasteiger partial charge in [0.15, 0.2) is 0 Å². The summed E-state index contributed by atoms with van der Waals surface area (Å²) in [4.78, 5) is 17.2. The maximum atomic E-state index is 13.1. The van der Waals surface area contributed by atoms with E-state index >= 15 is 0 Å². The van der Waals surface area contributed by atoms with E-state index in [-0.39, 0.29) is 16.8 Å². The number of hydrogen-bond acceptors (Lipinski definition) is 5. The standard InChI is InChI=1S/C20H25N3O3S2/c1-14-7-9-17(28(25,26)23-11-5-4-6-15(23)2)12-18(14)20(24)22-16-8-10-19(27-3)21-13-16/h7-10,12-13,15H,4-6,11H2,1-3H3,(H,22,24). The van der Waals surface area contributed by atoms with E-state index in [9.17, 15) is 13.2 Å². The predicted octanol–water partition coefficient (Wildman–Crippen LogP) is 3.93. The van der Waals surface area contributed by atoms with Crippen molar-refractivity contribution >= 4 is 33.4 Å². The summed E-state index contributed by atoms with van der Waals surface area (Å²) < 4.78 is 27.7. The number of pyridine rings is 1. The number of sulfonamides is 1. The van der Waals surface area contributed by atoms with Gasteiger partial charge in [0.05, 0.1) is 21.8 Å². The number of benzene rings is 1. The molecule has 0 saturated carbocycles. The summed E-state index contributed by atoms with van der Waals surface area (Å²) in [6.45, 7) is 4.25. The van der Waals surface area contributed by atoms with E-state index in [4.69, 9.17) is 0 Å². The second-order valence-corrected chi connectivity index (χ2v) is 9.70. The van der Waals surface area contributed by atoms with Gasteiger partial charge in [0.25, 0.3) is 5.91 Å². The van der Waals surface area contributed by atoms with E-state index in [1.165, 1.54) is 17.8 Å². The number of nitrogens with one attached hydrogen (secondary N) is 1. The number of rotatable bonds is 5. The average Bonchev–Trinajstić information content (AvgIpc) is 2.69. The van der Waals surface area contributed by atoms with Crippen LogP contribution in [0.25, 0.3) is 0 Å². The summed E-state index contributed by atoms with van der Waals surface area (Å²) in [5, 5.41) is 3.66. The van der Waals surface area contributed by atoms with Crippen LogP contribution in [0.4, 0.5) is 5.69 Å². The number of carbonyl (C=O) groups excluding carboxylic acids is 1. The molecule has 150 valence electrons. The Morgan fingerprint density at radius 1 is 1.25 bits per heavy atom. The van der Waals surface area contributed by atoms with Gasteiger partial charge >= 0.3 is 0 Å². The van der Waals surface area contributed by atoms with E-state index in [1.54, 1.807) is 35.6 Å². The molecule has 0 bridgehead atoms. The van der Waals surface area contributed by atoms with Crippen molar-refractivity contribution in [3.63, 3.8) is 0 Å². The highest BCUT2D eigenvalue weighted by atomic mass is 32.2. The lowest BCUT2D eigenvalue weighted by Crippen LogP contribution is -2.42. The highest BCUT2D eigenvalue weighted by Crippen LogP contribution is 2.26. The molecule has 1 saturated heterocycles. The van der Waals surface area contributed by atoms with Crippen molar-refractivity contribution in [2.45, 2.75) is 49.1 Å². The highest BCUT2D eigenvalue weighted by molar-refractivity contribution is 7.98. The molecule has 0 radical (unpaired) electrons. The average molecular weight is 420 g/mol. The molecule has 1 unspecified atom stereocenters. The quantitative estimate of drug-likeness (QED) is 0.743. The molecular formula is C20H25N3O3S2.